The van der Waals surface area contributed by atoms with Crippen LogP contribution in [-0.2, 0) is 6.54 Å². The van der Waals surface area contributed by atoms with E-state index in [-0.39, 0.29) is 0 Å². The first kappa shape index (κ1) is 12.7. The minimum absolute atomic E-state index is 0.585. The Morgan fingerprint density at radius 2 is 2.21 bits per heavy atom. The summed E-state index contributed by atoms with van der Waals surface area (Å²) in [5.74, 6) is 0. The fourth-order valence-corrected chi connectivity index (χ4v) is 3.22. The number of thiophene rings is 1. The van der Waals surface area contributed by atoms with Gasteiger partial charge < -0.3 is 4.90 Å². The van der Waals surface area contributed by atoms with Crippen molar-refractivity contribution >= 4 is 33.0 Å². The van der Waals surface area contributed by atoms with E-state index >= 15 is 0 Å². The van der Waals surface area contributed by atoms with Crippen LogP contribution in [0.15, 0.2) is 39.5 Å². The SMILES string of the molecule is N#Cc1ccc(Br)cc1N(Cc1ccsc1)C1CC1. The molecule has 0 unspecified atom stereocenters. The number of nitrogens with zero attached hydrogens (tertiary/aromatic N) is 2. The van der Waals surface area contributed by atoms with Crippen molar-refractivity contribution in [2.75, 3.05) is 4.90 Å². The second-order valence-electron chi connectivity index (χ2n) is 4.76. The Hall–Kier alpha value is -1.31. The molecule has 0 bridgehead atoms. The monoisotopic (exact) mass is 332 g/mol. The molecular formula is C15H13BrN2S. The van der Waals surface area contributed by atoms with Gasteiger partial charge in [0.1, 0.15) is 6.07 Å². The van der Waals surface area contributed by atoms with Gasteiger partial charge in [-0.1, -0.05) is 15.9 Å². The summed E-state index contributed by atoms with van der Waals surface area (Å²) in [6, 6.07) is 10.9. The molecule has 0 saturated heterocycles. The smallest absolute Gasteiger partial charge is 0.101 e. The van der Waals surface area contributed by atoms with Crippen LogP contribution in [0.4, 0.5) is 5.69 Å². The molecular weight excluding hydrogens is 320 g/mol. The van der Waals surface area contributed by atoms with Gasteiger partial charge in [-0.3, -0.25) is 0 Å². The quantitative estimate of drug-likeness (QED) is 0.821. The van der Waals surface area contributed by atoms with Crippen LogP contribution in [0.1, 0.15) is 24.0 Å². The largest absolute Gasteiger partial charge is 0.363 e. The second-order valence-corrected chi connectivity index (χ2v) is 6.46. The fourth-order valence-electron chi connectivity index (χ4n) is 2.21. The van der Waals surface area contributed by atoms with E-state index in [1.54, 1.807) is 11.3 Å². The lowest BCUT2D eigenvalue weighted by Crippen LogP contribution is -2.25. The number of halogens is 1. The topological polar surface area (TPSA) is 27.0 Å². The summed E-state index contributed by atoms with van der Waals surface area (Å²) in [5, 5.41) is 13.6. The predicted molar refractivity (Wildman–Crippen MR) is 82.4 cm³/mol. The van der Waals surface area contributed by atoms with Crippen LogP contribution in [0.3, 0.4) is 0 Å². The summed E-state index contributed by atoms with van der Waals surface area (Å²) in [4.78, 5) is 2.37. The van der Waals surface area contributed by atoms with Crippen molar-refractivity contribution in [3.05, 3.63) is 50.6 Å². The lowest BCUT2D eigenvalue weighted by molar-refractivity contribution is 0.795. The van der Waals surface area contributed by atoms with E-state index in [0.29, 0.717) is 6.04 Å². The maximum Gasteiger partial charge on any atom is 0.101 e. The molecule has 19 heavy (non-hydrogen) atoms. The molecule has 1 aliphatic carbocycles. The molecule has 4 heteroatoms. The summed E-state index contributed by atoms with van der Waals surface area (Å²) >= 11 is 5.23. The summed E-state index contributed by atoms with van der Waals surface area (Å²) < 4.78 is 1.03. The van der Waals surface area contributed by atoms with Gasteiger partial charge in [0.05, 0.1) is 11.3 Å². The number of rotatable bonds is 4. The van der Waals surface area contributed by atoms with Gasteiger partial charge in [0, 0.05) is 17.1 Å². The molecule has 1 aromatic carbocycles. The molecule has 96 valence electrons. The Morgan fingerprint density at radius 1 is 1.37 bits per heavy atom. The molecule has 1 aliphatic rings. The summed E-state index contributed by atoms with van der Waals surface area (Å²) in [5.41, 5.74) is 3.12. The normalized spacial score (nSPS) is 14.1. The molecule has 0 atom stereocenters. The highest BCUT2D eigenvalue weighted by Crippen LogP contribution is 2.36. The predicted octanol–water partition coefficient (Wildman–Crippen LogP) is 4.55. The van der Waals surface area contributed by atoms with Crippen LogP contribution in [-0.4, -0.2) is 6.04 Å². The van der Waals surface area contributed by atoms with Gasteiger partial charge in [-0.2, -0.15) is 16.6 Å². The highest BCUT2D eigenvalue weighted by molar-refractivity contribution is 9.10. The van der Waals surface area contributed by atoms with Crippen molar-refractivity contribution in [3.63, 3.8) is 0 Å². The van der Waals surface area contributed by atoms with Gasteiger partial charge in [-0.25, -0.2) is 0 Å². The van der Waals surface area contributed by atoms with Crippen LogP contribution >= 0.6 is 27.3 Å². The van der Waals surface area contributed by atoms with E-state index < -0.39 is 0 Å². The molecule has 0 N–H and O–H groups in total. The fraction of sp³-hybridized carbons (Fsp3) is 0.267. The first-order valence-electron chi connectivity index (χ1n) is 6.25. The number of hydrogen-bond donors (Lipinski definition) is 0. The number of nitriles is 1. The number of hydrogen-bond acceptors (Lipinski definition) is 3. The van der Waals surface area contributed by atoms with Crippen LogP contribution in [0.25, 0.3) is 0 Å². The Balaban J connectivity index is 1.96. The third-order valence-electron chi connectivity index (χ3n) is 3.31. The maximum absolute atomic E-state index is 9.30. The number of benzene rings is 1. The highest BCUT2D eigenvalue weighted by Gasteiger charge is 2.30. The first-order valence-corrected chi connectivity index (χ1v) is 7.99. The van der Waals surface area contributed by atoms with E-state index in [1.807, 2.05) is 12.1 Å². The maximum atomic E-state index is 9.30. The zero-order chi connectivity index (χ0) is 13.2. The standard InChI is InChI=1S/C15H13BrN2S/c16-13-2-1-12(8-17)15(7-13)18(14-3-4-14)9-11-5-6-19-10-11/h1-2,5-7,10,14H,3-4,9H2. The highest BCUT2D eigenvalue weighted by atomic mass is 79.9. The Morgan fingerprint density at radius 3 is 2.84 bits per heavy atom. The zero-order valence-corrected chi connectivity index (χ0v) is 12.7. The molecule has 1 saturated carbocycles. The average Bonchev–Trinajstić information content (AvgIpc) is 3.13. The van der Waals surface area contributed by atoms with Gasteiger partial charge in [-0.15, -0.1) is 0 Å². The van der Waals surface area contributed by atoms with Crippen molar-refractivity contribution in [2.24, 2.45) is 0 Å². The van der Waals surface area contributed by atoms with Crippen molar-refractivity contribution < 1.29 is 0 Å². The van der Waals surface area contributed by atoms with Gasteiger partial charge in [-0.05, 0) is 53.4 Å². The Labute approximate surface area is 125 Å². The molecule has 0 radical (unpaired) electrons. The van der Waals surface area contributed by atoms with Crippen LogP contribution in [0.2, 0.25) is 0 Å². The molecule has 1 fully saturated rings. The van der Waals surface area contributed by atoms with Gasteiger partial charge in [0.25, 0.3) is 0 Å². The van der Waals surface area contributed by atoms with Gasteiger partial charge in [0.2, 0.25) is 0 Å². The second kappa shape index (κ2) is 5.36. The zero-order valence-electron chi connectivity index (χ0n) is 10.3. The van der Waals surface area contributed by atoms with E-state index in [1.165, 1.54) is 18.4 Å². The minimum Gasteiger partial charge on any atom is -0.363 e. The van der Waals surface area contributed by atoms with Crippen molar-refractivity contribution in [1.82, 2.24) is 0 Å². The third kappa shape index (κ3) is 2.83. The van der Waals surface area contributed by atoms with Crippen molar-refractivity contribution in [3.8, 4) is 6.07 Å². The first-order chi connectivity index (χ1) is 9.28. The molecule has 0 spiro atoms. The van der Waals surface area contributed by atoms with Crippen LogP contribution in [0, 0.1) is 11.3 Å². The molecule has 0 amide bonds. The molecule has 0 aliphatic heterocycles. The van der Waals surface area contributed by atoms with Gasteiger partial charge in [0.15, 0.2) is 0 Å². The van der Waals surface area contributed by atoms with Crippen molar-refractivity contribution in [2.45, 2.75) is 25.4 Å². The number of anilines is 1. The van der Waals surface area contributed by atoms with Gasteiger partial charge >= 0.3 is 0 Å². The average molecular weight is 333 g/mol. The van der Waals surface area contributed by atoms with Crippen molar-refractivity contribution in [1.29, 1.82) is 5.26 Å². The van der Waals surface area contributed by atoms with E-state index in [0.717, 1.165) is 22.3 Å². The lowest BCUT2D eigenvalue weighted by Gasteiger charge is -2.25. The molecule has 3 rings (SSSR count). The molecule has 1 heterocycles. The summed E-state index contributed by atoms with van der Waals surface area (Å²) in [6.07, 6.45) is 2.45. The minimum atomic E-state index is 0.585. The van der Waals surface area contributed by atoms with E-state index in [4.69, 9.17) is 0 Å². The van der Waals surface area contributed by atoms with Crippen LogP contribution in [0.5, 0.6) is 0 Å². The summed E-state index contributed by atoms with van der Waals surface area (Å²) in [7, 11) is 0. The molecule has 2 nitrogen and oxygen atoms in total. The summed E-state index contributed by atoms with van der Waals surface area (Å²) in [6.45, 7) is 0.888. The van der Waals surface area contributed by atoms with E-state index in [2.05, 4.69) is 49.8 Å². The lowest BCUT2D eigenvalue weighted by atomic mass is 10.1. The third-order valence-corrected chi connectivity index (χ3v) is 4.54. The Bertz CT molecular complexity index is 612. The van der Waals surface area contributed by atoms with E-state index in [9.17, 15) is 5.26 Å². The van der Waals surface area contributed by atoms with Crippen LogP contribution < -0.4 is 4.90 Å². The Kier molecular flexibility index (Phi) is 3.58. The molecule has 1 aromatic heterocycles. The molecule has 2 aromatic rings.